The molecule has 1 aliphatic heterocycles. The van der Waals surface area contributed by atoms with E-state index in [9.17, 15) is 17.2 Å². The van der Waals surface area contributed by atoms with E-state index >= 15 is 0 Å². The molecule has 0 spiro atoms. The molecule has 4 nitrogen and oxygen atoms in total. The van der Waals surface area contributed by atoms with Gasteiger partial charge in [-0.15, -0.1) is 0 Å². The summed E-state index contributed by atoms with van der Waals surface area (Å²) in [5.74, 6) is -0.843. The summed E-state index contributed by atoms with van der Waals surface area (Å²) >= 11 is 0.513. The molecule has 1 atom stereocenters. The summed E-state index contributed by atoms with van der Waals surface area (Å²) in [7, 11) is -2.95. The van der Waals surface area contributed by atoms with Crippen LogP contribution < -0.4 is 5.32 Å². The molecule has 1 saturated heterocycles. The Morgan fingerprint density at radius 2 is 2.15 bits per heavy atom. The number of furan rings is 1. The van der Waals surface area contributed by atoms with Gasteiger partial charge in [0.1, 0.15) is 11.5 Å². The minimum atomic E-state index is -2.95. The minimum Gasteiger partial charge on any atom is -0.464 e. The van der Waals surface area contributed by atoms with E-state index < -0.39 is 21.1 Å². The number of alkyl halides is 2. The van der Waals surface area contributed by atoms with Crippen molar-refractivity contribution in [1.82, 2.24) is 5.32 Å². The maximum Gasteiger partial charge on any atom is 0.284 e. The van der Waals surface area contributed by atoms with Gasteiger partial charge < -0.3 is 9.73 Å². The molecular formula is C12H17F2NO3S2. The van der Waals surface area contributed by atoms with E-state index in [0.717, 1.165) is 0 Å². The van der Waals surface area contributed by atoms with Gasteiger partial charge in [-0.3, -0.25) is 0 Å². The third kappa shape index (κ3) is 4.46. The van der Waals surface area contributed by atoms with Gasteiger partial charge in [0.15, 0.2) is 9.84 Å². The minimum absolute atomic E-state index is 0.120. The van der Waals surface area contributed by atoms with Gasteiger partial charge >= 0.3 is 0 Å². The highest BCUT2D eigenvalue weighted by molar-refractivity contribution is 7.98. The largest absolute Gasteiger partial charge is 0.464 e. The number of thioether (sulfide) groups is 1. The van der Waals surface area contributed by atoms with Crippen molar-refractivity contribution >= 4 is 21.6 Å². The smallest absolute Gasteiger partial charge is 0.284 e. The third-order valence-electron chi connectivity index (χ3n) is 3.26. The number of hydrogen-bond acceptors (Lipinski definition) is 5. The lowest BCUT2D eigenvalue weighted by Crippen LogP contribution is -2.42. The van der Waals surface area contributed by atoms with Gasteiger partial charge in [-0.1, -0.05) is 11.8 Å². The molecule has 0 aromatic carbocycles. The summed E-state index contributed by atoms with van der Waals surface area (Å²) in [6, 6.07) is 3.39. The predicted octanol–water partition coefficient (Wildman–Crippen LogP) is 2.40. The van der Waals surface area contributed by atoms with Crippen LogP contribution in [0.3, 0.4) is 0 Å². The van der Waals surface area contributed by atoms with E-state index in [4.69, 9.17) is 4.42 Å². The van der Waals surface area contributed by atoms with Crippen LogP contribution in [0.5, 0.6) is 0 Å². The Kier molecular flexibility index (Phi) is 4.76. The van der Waals surface area contributed by atoms with Crippen molar-refractivity contribution in [3.8, 4) is 0 Å². The summed E-state index contributed by atoms with van der Waals surface area (Å²) in [4.78, 5) is 0. The van der Waals surface area contributed by atoms with Crippen molar-refractivity contribution in [2.24, 2.45) is 0 Å². The number of sulfone groups is 1. The van der Waals surface area contributed by atoms with Crippen LogP contribution in [-0.4, -0.2) is 31.2 Å². The first kappa shape index (κ1) is 15.8. The topological polar surface area (TPSA) is 59.3 Å². The van der Waals surface area contributed by atoms with E-state index in [0.29, 0.717) is 36.2 Å². The fourth-order valence-corrected chi connectivity index (χ4v) is 4.76. The highest BCUT2D eigenvalue weighted by atomic mass is 32.2. The molecule has 1 N–H and O–H groups in total. The molecule has 1 aromatic rings. The van der Waals surface area contributed by atoms with E-state index in [1.165, 1.54) is 0 Å². The molecule has 20 heavy (non-hydrogen) atoms. The molecule has 0 amide bonds. The van der Waals surface area contributed by atoms with Crippen LogP contribution in [0.2, 0.25) is 0 Å². The average Bonchev–Trinajstić information content (AvgIpc) is 2.89. The summed E-state index contributed by atoms with van der Waals surface area (Å²) in [6.45, 7) is 2.26. The van der Waals surface area contributed by atoms with Gasteiger partial charge in [-0.05, 0) is 25.5 Å². The van der Waals surface area contributed by atoms with Crippen LogP contribution in [0, 0.1) is 0 Å². The van der Waals surface area contributed by atoms with Gasteiger partial charge in [0.2, 0.25) is 0 Å². The van der Waals surface area contributed by atoms with E-state index in [1.54, 1.807) is 12.1 Å². The number of hydrogen-bond donors (Lipinski definition) is 1. The van der Waals surface area contributed by atoms with Crippen molar-refractivity contribution in [1.29, 1.82) is 0 Å². The Hall–Kier alpha value is -0.600. The van der Waals surface area contributed by atoms with Gasteiger partial charge in [-0.2, -0.15) is 8.78 Å². The molecule has 0 saturated carbocycles. The van der Waals surface area contributed by atoms with Gasteiger partial charge in [0.05, 0.1) is 23.8 Å². The van der Waals surface area contributed by atoms with Gasteiger partial charge in [-0.25, -0.2) is 8.42 Å². The molecule has 8 heteroatoms. The number of rotatable bonds is 6. The second-order valence-electron chi connectivity index (χ2n) is 5.20. The monoisotopic (exact) mass is 325 g/mol. The molecule has 1 aromatic heterocycles. The molecule has 1 fully saturated rings. The van der Waals surface area contributed by atoms with Crippen LogP contribution >= 0.6 is 11.8 Å². The van der Waals surface area contributed by atoms with Crippen LogP contribution in [0.15, 0.2) is 16.5 Å². The molecule has 2 rings (SSSR count). The Morgan fingerprint density at radius 3 is 2.75 bits per heavy atom. The lowest BCUT2D eigenvalue weighted by atomic mass is 10.0. The van der Waals surface area contributed by atoms with E-state index in [-0.39, 0.29) is 17.3 Å². The average molecular weight is 325 g/mol. The zero-order valence-corrected chi connectivity index (χ0v) is 12.7. The molecule has 0 aliphatic carbocycles. The number of nitrogens with one attached hydrogen (secondary N) is 1. The second-order valence-corrected chi connectivity index (χ2v) is 8.36. The first-order valence-corrected chi connectivity index (χ1v) is 9.08. The quantitative estimate of drug-likeness (QED) is 0.870. The van der Waals surface area contributed by atoms with Crippen LogP contribution in [0.25, 0.3) is 0 Å². The zero-order valence-electron chi connectivity index (χ0n) is 11.1. The van der Waals surface area contributed by atoms with Gasteiger partial charge in [0, 0.05) is 5.54 Å². The Labute approximate surface area is 121 Å². The standard InChI is InChI=1S/C12H17F2NO3S2/c1-12(4-5-20(16,17)8-12)15-6-9-2-3-10(18-9)7-19-11(13)14/h2-3,11,15H,4-8H2,1H3. The van der Waals surface area contributed by atoms with Gasteiger partial charge in [0.25, 0.3) is 5.76 Å². The van der Waals surface area contributed by atoms with Crippen molar-refractivity contribution < 1.29 is 21.6 Å². The fourth-order valence-electron chi connectivity index (χ4n) is 2.19. The molecule has 114 valence electrons. The molecule has 1 unspecified atom stereocenters. The van der Waals surface area contributed by atoms with Crippen LogP contribution in [0.1, 0.15) is 24.9 Å². The molecule has 1 aliphatic rings. The second kappa shape index (κ2) is 6.03. The summed E-state index contributed by atoms with van der Waals surface area (Å²) < 4.78 is 52.5. The van der Waals surface area contributed by atoms with E-state index in [2.05, 4.69) is 5.32 Å². The van der Waals surface area contributed by atoms with Crippen molar-refractivity contribution in [2.75, 3.05) is 11.5 Å². The first-order valence-electron chi connectivity index (χ1n) is 6.21. The van der Waals surface area contributed by atoms with Crippen LogP contribution in [0.4, 0.5) is 8.78 Å². The Bertz CT molecular complexity index is 559. The maximum atomic E-state index is 12.1. The molecule has 0 radical (unpaired) electrons. The molecule has 0 bridgehead atoms. The normalized spacial score (nSPS) is 25.4. The first-order chi connectivity index (χ1) is 9.28. The highest BCUT2D eigenvalue weighted by Gasteiger charge is 2.37. The number of halogens is 2. The lowest BCUT2D eigenvalue weighted by molar-refractivity contribution is 0.251. The van der Waals surface area contributed by atoms with Crippen molar-refractivity contribution in [3.05, 3.63) is 23.7 Å². The summed E-state index contributed by atoms with van der Waals surface area (Å²) in [6.07, 6.45) is 0.574. The molecule has 2 heterocycles. The SMILES string of the molecule is CC1(NCc2ccc(CSC(F)F)o2)CCS(=O)(=O)C1. The maximum absolute atomic E-state index is 12.1. The fraction of sp³-hybridized carbons (Fsp3) is 0.667. The molecular weight excluding hydrogens is 308 g/mol. The lowest BCUT2D eigenvalue weighted by Gasteiger charge is -2.23. The van der Waals surface area contributed by atoms with Crippen molar-refractivity contribution in [3.63, 3.8) is 0 Å². The zero-order chi connectivity index (χ0) is 14.8. The third-order valence-corrected chi connectivity index (χ3v) is 5.87. The van der Waals surface area contributed by atoms with Crippen molar-refractivity contribution in [2.45, 2.75) is 36.9 Å². The summed E-state index contributed by atoms with van der Waals surface area (Å²) in [5.41, 5.74) is -0.441. The van der Waals surface area contributed by atoms with Crippen LogP contribution in [-0.2, 0) is 22.1 Å². The summed E-state index contributed by atoms with van der Waals surface area (Å²) in [5, 5.41) is 3.18. The predicted molar refractivity (Wildman–Crippen MR) is 74.5 cm³/mol. The Balaban J connectivity index is 1.85. The Morgan fingerprint density at radius 1 is 1.45 bits per heavy atom. The highest BCUT2D eigenvalue weighted by Crippen LogP contribution is 2.24. The van der Waals surface area contributed by atoms with E-state index in [1.807, 2.05) is 6.92 Å².